The van der Waals surface area contributed by atoms with E-state index in [1.54, 1.807) is 49.4 Å². The lowest BCUT2D eigenvalue weighted by molar-refractivity contribution is 0.587. The molecule has 8 heteroatoms. The van der Waals surface area contributed by atoms with E-state index in [4.69, 9.17) is 0 Å². The molecule has 0 unspecified atom stereocenters. The van der Waals surface area contributed by atoms with Gasteiger partial charge >= 0.3 is 0 Å². The van der Waals surface area contributed by atoms with Crippen molar-refractivity contribution in [3.05, 3.63) is 78.4 Å². The zero-order valence-electron chi connectivity index (χ0n) is 17.2. The quantitative estimate of drug-likeness (QED) is 0.601. The van der Waals surface area contributed by atoms with Crippen LogP contribution in [0.5, 0.6) is 0 Å². The summed E-state index contributed by atoms with van der Waals surface area (Å²) >= 11 is 0. The molecule has 4 rings (SSSR count). The molecule has 0 amide bonds. The van der Waals surface area contributed by atoms with Crippen LogP contribution in [0, 0.1) is 0 Å². The van der Waals surface area contributed by atoms with Crippen molar-refractivity contribution in [1.82, 2.24) is 0 Å². The van der Waals surface area contributed by atoms with Crippen molar-refractivity contribution in [1.29, 1.82) is 0 Å². The number of hydrogen-bond donors (Lipinski definition) is 1. The maximum absolute atomic E-state index is 12.9. The molecule has 0 saturated heterocycles. The zero-order valence-corrected chi connectivity index (χ0v) is 18.8. The Hall–Kier alpha value is -2.84. The Labute approximate surface area is 183 Å². The number of sulfonamides is 2. The lowest BCUT2D eigenvalue weighted by atomic mass is 10.0. The van der Waals surface area contributed by atoms with Gasteiger partial charge in [-0.05, 0) is 66.8 Å². The Bertz CT molecular complexity index is 1290. The Morgan fingerprint density at radius 3 is 2.23 bits per heavy atom. The summed E-state index contributed by atoms with van der Waals surface area (Å²) in [5, 5.41) is 0. The molecule has 0 fully saturated rings. The van der Waals surface area contributed by atoms with E-state index in [0.717, 1.165) is 16.7 Å². The number of nitrogens with zero attached hydrogens (tertiary/aromatic N) is 1. The van der Waals surface area contributed by atoms with E-state index in [-0.39, 0.29) is 10.6 Å². The van der Waals surface area contributed by atoms with Crippen LogP contribution in [-0.4, -0.2) is 29.1 Å². The van der Waals surface area contributed by atoms with Gasteiger partial charge < -0.3 is 0 Å². The van der Waals surface area contributed by atoms with Gasteiger partial charge in [0.15, 0.2) is 0 Å². The van der Waals surface area contributed by atoms with Crippen molar-refractivity contribution in [2.75, 3.05) is 21.3 Å². The van der Waals surface area contributed by atoms with Gasteiger partial charge in [-0.2, -0.15) is 0 Å². The number of nitrogens with one attached hydrogen (secondary N) is 1. The second-order valence-electron chi connectivity index (χ2n) is 7.42. The second-order valence-corrected chi connectivity index (χ2v) is 11.3. The average molecular weight is 457 g/mol. The maximum Gasteiger partial charge on any atom is 0.261 e. The van der Waals surface area contributed by atoms with Crippen LogP contribution in [0.4, 0.5) is 11.4 Å². The minimum Gasteiger partial charge on any atom is -0.280 e. The monoisotopic (exact) mass is 456 g/mol. The van der Waals surface area contributed by atoms with E-state index >= 15 is 0 Å². The molecule has 3 aromatic carbocycles. The van der Waals surface area contributed by atoms with Crippen LogP contribution < -0.4 is 9.03 Å². The fourth-order valence-electron chi connectivity index (χ4n) is 3.74. The number of hydrogen-bond acceptors (Lipinski definition) is 4. The lowest BCUT2D eigenvalue weighted by Gasteiger charge is -2.30. The molecule has 0 saturated carbocycles. The van der Waals surface area contributed by atoms with E-state index in [1.807, 2.05) is 30.3 Å². The van der Waals surface area contributed by atoms with Crippen LogP contribution in [0.15, 0.2) is 77.7 Å². The van der Waals surface area contributed by atoms with Crippen LogP contribution in [-0.2, 0) is 26.5 Å². The number of anilines is 2. The molecule has 162 valence electrons. The average Bonchev–Trinajstić information content (AvgIpc) is 2.79. The second kappa shape index (κ2) is 8.36. The summed E-state index contributed by atoms with van der Waals surface area (Å²) in [7, 11) is -7.13. The van der Waals surface area contributed by atoms with Gasteiger partial charge in [0, 0.05) is 12.2 Å². The van der Waals surface area contributed by atoms with E-state index in [0.29, 0.717) is 30.8 Å². The number of rotatable bonds is 6. The highest BCUT2D eigenvalue weighted by Gasteiger charge is 2.26. The molecule has 0 radical (unpaired) electrons. The third kappa shape index (κ3) is 4.45. The van der Waals surface area contributed by atoms with E-state index < -0.39 is 20.0 Å². The first-order chi connectivity index (χ1) is 14.8. The molecule has 0 atom stereocenters. The summed E-state index contributed by atoms with van der Waals surface area (Å²) < 4.78 is 54.5. The molecule has 0 spiro atoms. The molecule has 3 aromatic rings. The Balaban J connectivity index is 1.58. The van der Waals surface area contributed by atoms with Gasteiger partial charge in [0.2, 0.25) is 10.0 Å². The summed E-state index contributed by atoms with van der Waals surface area (Å²) in [6, 6.07) is 21.5. The predicted octanol–water partition coefficient (Wildman–Crippen LogP) is 4.26. The largest absolute Gasteiger partial charge is 0.280 e. The number of benzene rings is 3. The summed E-state index contributed by atoms with van der Waals surface area (Å²) in [5.74, 6) is 0.0276. The smallest absolute Gasteiger partial charge is 0.261 e. The van der Waals surface area contributed by atoms with Gasteiger partial charge in [-0.25, -0.2) is 16.8 Å². The maximum atomic E-state index is 12.9. The number of aryl methyl sites for hydroxylation is 1. The summed E-state index contributed by atoms with van der Waals surface area (Å²) in [4.78, 5) is 0.167. The summed E-state index contributed by atoms with van der Waals surface area (Å²) in [6.45, 7) is 2.07. The molecule has 1 aliphatic rings. The van der Waals surface area contributed by atoms with Gasteiger partial charge in [0.25, 0.3) is 10.0 Å². The highest BCUT2D eigenvalue weighted by molar-refractivity contribution is 7.93. The highest BCUT2D eigenvalue weighted by atomic mass is 32.2. The zero-order chi connectivity index (χ0) is 22.1. The van der Waals surface area contributed by atoms with Crippen LogP contribution in [0.25, 0.3) is 11.1 Å². The van der Waals surface area contributed by atoms with Crippen molar-refractivity contribution in [2.45, 2.75) is 24.7 Å². The fourth-order valence-corrected chi connectivity index (χ4v) is 5.99. The molecule has 0 bridgehead atoms. The molecule has 0 aromatic heterocycles. The summed E-state index contributed by atoms with van der Waals surface area (Å²) in [5.41, 5.74) is 3.82. The Kier molecular flexibility index (Phi) is 5.77. The molecule has 1 aliphatic heterocycles. The van der Waals surface area contributed by atoms with Crippen molar-refractivity contribution in [3.63, 3.8) is 0 Å². The van der Waals surface area contributed by atoms with Crippen LogP contribution in [0.1, 0.15) is 18.9 Å². The minimum atomic E-state index is -3.77. The number of fused-ring (bicyclic) bond motifs is 1. The summed E-state index contributed by atoms with van der Waals surface area (Å²) in [6.07, 6.45) is 1.40. The topological polar surface area (TPSA) is 83.6 Å². The molecule has 6 nitrogen and oxygen atoms in total. The Morgan fingerprint density at radius 1 is 0.871 bits per heavy atom. The minimum absolute atomic E-state index is 0.0276. The molecular weight excluding hydrogens is 432 g/mol. The fraction of sp³-hybridized carbons (Fsp3) is 0.217. The SMILES string of the molecule is CCS(=O)(=O)N1CCCc2cc(NS(=O)(=O)c3ccc(-c4ccccc4)cc3)ccc21. The van der Waals surface area contributed by atoms with Crippen molar-refractivity contribution >= 4 is 31.4 Å². The first-order valence-corrected chi connectivity index (χ1v) is 13.2. The molecule has 0 aliphatic carbocycles. The molecule has 1 heterocycles. The highest BCUT2D eigenvalue weighted by Crippen LogP contribution is 2.32. The van der Waals surface area contributed by atoms with Crippen molar-refractivity contribution in [2.24, 2.45) is 0 Å². The predicted molar refractivity (Wildman–Crippen MR) is 124 cm³/mol. The Morgan fingerprint density at radius 2 is 1.55 bits per heavy atom. The molecular formula is C23H24N2O4S2. The van der Waals surface area contributed by atoms with Gasteiger partial charge in [0.05, 0.1) is 16.3 Å². The first kappa shape index (κ1) is 21.4. The van der Waals surface area contributed by atoms with E-state index in [2.05, 4.69) is 4.72 Å². The van der Waals surface area contributed by atoms with Gasteiger partial charge in [-0.1, -0.05) is 42.5 Å². The normalized spacial score (nSPS) is 14.2. The molecule has 31 heavy (non-hydrogen) atoms. The molecule has 1 N–H and O–H groups in total. The van der Waals surface area contributed by atoms with E-state index in [1.165, 1.54) is 4.31 Å². The third-order valence-corrected chi connectivity index (χ3v) is 8.56. The van der Waals surface area contributed by atoms with Crippen molar-refractivity contribution < 1.29 is 16.8 Å². The van der Waals surface area contributed by atoms with Gasteiger partial charge in [-0.3, -0.25) is 9.03 Å². The van der Waals surface area contributed by atoms with Crippen LogP contribution >= 0.6 is 0 Å². The van der Waals surface area contributed by atoms with Crippen LogP contribution in [0.3, 0.4) is 0 Å². The lowest BCUT2D eigenvalue weighted by Crippen LogP contribution is -2.36. The van der Waals surface area contributed by atoms with Gasteiger partial charge in [0.1, 0.15) is 0 Å². The van der Waals surface area contributed by atoms with E-state index in [9.17, 15) is 16.8 Å². The first-order valence-electron chi connectivity index (χ1n) is 10.1. The van der Waals surface area contributed by atoms with Crippen molar-refractivity contribution in [3.8, 4) is 11.1 Å². The van der Waals surface area contributed by atoms with Gasteiger partial charge in [-0.15, -0.1) is 0 Å². The standard InChI is InChI=1S/C23H24N2O4S2/c1-2-30(26,27)25-16-6-9-20-17-21(12-15-23(20)25)24-31(28,29)22-13-10-19(11-14-22)18-7-4-3-5-8-18/h3-5,7-8,10-15,17,24H,2,6,9,16H2,1H3. The third-order valence-electron chi connectivity index (χ3n) is 5.38. The van der Waals surface area contributed by atoms with Crippen LogP contribution in [0.2, 0.25) is 0 Å².